The number of primary amides is 1. The minimum absolute atomic E-state index is 0.0187. The quantitative estimate of drug-likeness (QED) is 0.531. The lowest BCUT2D eigenvalue weighted by Crippen LogP contribution is -2.30. The summed E-state index contributed by atoms with van der Waals surface area (Å²) < 4.78 is 18.7. The van der Waals surface area contributed by atoms with Gasteiger partial charge in [-0.05, 0) is 36.8 Å². The molecule has 0 aliphatic carbocycles. The first-order chi connectivity index (χ1) is 14.5. The lowest BCUT2D eigenvalue weighted by atomic mass is 10.2. The van der Waals surface area contributed by atoms with E-state index in [1.54, 1.807) is 24.3 Å². The summed E-state index contributed by atoms with van der Waals surface area (Å²) in [6.45, 7) is 0.568. The minimum Gasteiger partial charge on any atom is -0.439 e. The standard InChI is InChI=1S/C20H17FN6O3/c21-15-2-1-3-17(26-15)30-12-6-4-11(5-7-12)19-25-14(18(22)28)10-16(27-19)24-13-8-9-23-20(13)29/h1-7,10,13H,8-9H2,(H2,22,28)(H,23,29)(H,24,25,27). The number of rotatable bonds is 6. The molecule has 1 aliphatic rings. The second-order valence-corrected chi connectivity index (χ2v) is 6.53. The van der Waals surface area contributed by atoms with Crippen molar-refractivity contribution in [3.63, 3.8) is 0 Å². The lowest BCUT2D eigenvalue weighted by Gasteiger charge is -2.13. The Kier molecular flexibility index (Phi) is 5.21. The average Bonchev–Trinajstić information content (AvgIpc) is 3.13. The second kappa shape index (κ2) is 8.11. The molecule has 0 radical (unpaired) electrons. The van der Waals surface area contributed by atoms with Gasteiger partial charge in [0.1, 0.15) is 23.3 Å². The minimum atomic E-state index is -0.713. The number of nitrogens with two attached hydrogens (primary N) is 1. The van der Waals surface area contributed by atoms with Gasteiger partial charge >= 0.3 is 0 Å². The smallest absolute Gasteiger partial charge is 0.267 e. The molecular formula is C20H17FN6O3. The van der Waals surface area contributed by atoms with Gasteiger partial charge in [-0.3, -0.25) is 9.59 Å². The monoisotopic (exact) mass is 408 g/mol. The summed E-state index contributed by atoms with van der Waals surface area (Å²) in [6, 6.07) is 11.9. The molecule has 0 spiro atoms. The van der Waals surface area contributed by atoms with Gasteiger partial charge in [-0.2, -0.15) is 9.37 Å². The Morgan fingerprint density at radius 3 is 2.63 bits per heavy atom. The van der Waals surface area contributed by atoms with Crippen molar-refractivity contribution in [1.29, 1.82) is 0 Å². The Hall–Kier alpha value is -4.08. The molecule has 1 saturated heterocycles. The van der Waals surface area contributed by atoms with E-state index in [0.717, 1.165) is 0 Å². The van der Waals surface area contributed by atoms with Crippen molar-refractivity contribution in [2.45, 2.75) is 12.5 Å². The molecule has 1 fully saturated rings. The summed E-state index contributed by atoms with van der Waals surface area (Å²) in [7, 11) is 0. The van der Waals surface area contributed by atoms with E-state index >= 15 is 0 Å². The van der Waals surface area contributed by atoms with Crippen molar-refractivity contribution >= 4 is 17.6 Å². The number of hydrogen-bond acceptors (Lipinski definition) is 7. The van der Waals surface area contributed by atoms with Crippen molar-refractivity contribution in [2.24, 2.45) is 5.73 Å². The van der Waals surface area contributed by atoms with Gasteiger partial charge in [0.25, 0.3) is 5.91 Å². The Morgan fingerprint density at radius 1 is 1.17 bits per heavy atom. The molecule has 9 nitrogen and oxygen atoms in total. The van der Waals surface area contributed by atoms with Crippen LogP contribution in [0.25, 0.3) is 11.4 Å². The molecule has 3 heterocycles. The van der Waals surface area contributed by atoms with E-state index in [2.05, 4.69) is 25.6 Å². The van der Waals surface area contributed by atoms with Crippen LogP contribution in [0.2, 0.25) is 0 Å². The first kappa shape index (κ1) is 19.2. The van der Waals surface area contributed by atoms with E-state index in [4.69, 9.17) is 10.5 Å². The Labute approximate surface area is 170 Å². The predicted molar refractivity (Wildman–Crippen MR) is 105 cm³/mol. The molecule has 1 atom stereocenters. The molecule has 3 aromatic rings. The fraction of sp³-hybridized carbons (Fsp3) is 0.150. The zero-order chi connectivity index (χ0) is 21.1. The van der Waals surface area contributed by atoms with Gasteiger partial charge in [0.05, 0.1) is 0 Å². The molecule has 2 aromatic heterocycles. The molecule has 1 aromatic carbocycles. The summed E-state index contributed by atoms with van der Waals surface area (Å²) in [5.41, 5.74) is 6.01. The van der Waals surface area contributed by atoms with E-state index in [1.165, 1.54) is 24.3 Å². The molecule has 30 heavy (non-hydrogen) atoms. The third kappa shape index (κ3) is 4.32. The van der Waals surface area contributed by atoms with Crippen LogP contribution >= 0.6 is 0 Å². The number of carbonyl (C=O) groups excluding carboxylic acids is 2. The van der Waals surface area contributed by atoms with E-state index < -0.39 is 17.9 Å². The predicted octanol–water partition coefficient (Wildman–Crippen LogP) is 1.87. The number of benzene rings is 1. The van der Waals surface area contributed by atoms with Crippen LogP contribution in [0, 0.1) is 5.95 Å². The molecule has 4 rings (SSSR count). The summed E-state index contributed by atoms with van der Waals surface area (Å²) >= 11 is 0. The summed E-state index contributed by atoms with van der Waals surface area (Å²) in [6.07, 6.45) is 0.601. The number of anilines is 1. The first-order valence-corrected chi connectivity index (χ1v) is 9.12. The van der Waals surface area contributed by atoms with Crippen molar-refractivity contribution in [3.8, 4) is 23.0 Å². The number of nitrogens with one attached hydrogen (secondary N) is 2. The van der Waals surface area contributed by atoms with Gasteiger partial charge in [0, 0.05) is 24.2 Å². The Balaban J connectivity index is 1.59. The number of halogens is 1. The summed E-state index contributed by atoms with van der Waals surface area (Å²) in [5.74, 6) is -0.364. The number of carbonyl (C=O) groups is 2. The lowest BCUT2D eigenvalue weighted by molar-refractivity contribution is -0.119. The largest absolute Gasteiger partial charge is 0.439 e. The van der Waals surface area contributed by atoms with Crippen LogP contribution in [0.4, 0.5) is 10.2 Å². The average molecular weight is 408 g/mol. The fourth-order valence-electron chi connectivity index (χ4n) is 2.93. The van der Waals surface area contributed by atoms with E-state index in [9.17, 15) is 14.0 Å². The van der Waals surface area contributed by atoms with Crippen molar-refractivity contribution in [1.82, 2.24) is 20.3 Å². The van der Waals surface area contributed by atoms with Gasteiger partial charge < -0.3 is 21.1 Å². The van der Waals surface area contributed by atoms with E-state index in [0.29, 0.717) is 30.1 Å². The first-order valence-electron chi connectivity index (χ1n) is 9.12. The number of ether oxygens (including phenoxy) is 1. The van der Waals surface area contributed by atoms with Gasteiger partial charge in [0.15, 0.2) is 5.82 Å². The topological polar surface area (TPSA) is 132 Å². The van der Waals surface area contributed by atoms with Gasteiger partial charge in [-0.25, -0.2) is 9.97 Å². The normalized spacial score (nSPS) is 15.5. The van der Waals surface area contributed by atoms with Crippen LogP contribution in [0.5, 0.6) is 11.6 Å². The highest BCUT2D eigenvalue weighted by molar-refractivity contribution is 5.92. The van der Waals surface area contributed by atoms with Gasteiger partial charge in [0.2, 0.25) is 17.7 Å². The summed E-state index contributed by atoms with van der Waals surface area (Å²) in [5, 5.41) is 5.73. The highest BCUT2D eigenvalue weighted by Crippen LogP contribution is 2.25. The molecule has 10 heteroatoms. The van der Waals surface area contributed by atoms with Gasteiger partial charge in [-0.15, -0.1) is 0 Å². The molecular weight excluding hydrogens is 391 g/mol. The van der Waals surface area contributed by atoms with Crippen LogP contribution in [0.1, 0.15) is 16.9 Å². The van der Waals surface area contributed by atoms with Crippen molar-refractivity contribution < 1.29 is 18.7 Å². The van der Waals surface area contributed by atoms with Crippen LogP contribution in [-0.4, -0.2) is 39.4 Å². The van der Waals surface area contributed by atoms with Crippen LogP contribution in [0.15, 0.2) is 48.5 Å². The SMILES string of the molecule is NC(=O)c1cc(NC2CCNC2=O)nc(-c2ccc(Oc3cccc(F)n3)cc2)n1. The number of nitrogens with zero attached hydrogens (tertiary/aromatic N) is 3. The van der Waals surface area contributed by atoms with Crippen LogP contribution in [0.3, 0.4) is 0 Å². The summed E-state index contributed by atoms with van der Waals surface area (Å²) in [4.78, 5) is 35.7. The molecule has 0 saturated carbocycles. The molecule has 152 valence electrons. The maximum Gasteiger partial charge on any atom is 0.267 e. The van der Waals surface area contributed by atoms with Crippen molar-refractivity contribution in [2.75, 3.05) is 11.9 Å². The molecule has 0 bridgehead atoms. The number of pyridine rings is 1. The third-order valence-electron chi connectivity index (χ3n) is 4.37. The number of aromatic nitrogens is 3. The van der Waals surface area contributed by atoms with Crippen LogP contribution < -0.4 is 21.1 Å². The highest BCUT2D eigenvalue weighted by atomic mass is 19.1. The third-order valence-corrected chi connectivity index (χ3v) is 4.37. The van der Waals surface area contributed by atoms with Crippen molar-refractivity contribution in [3.05, 3.63) is 60.2 Å². The second-order valence-electron chi connectivity index (χ2n) is 6.53. The molecule has 4 N–H and O–H groups in total. The highest BCUT2D eigenvalue weighted by Gasteiger charge is 2.24. The maximum absolute atomic E-state index is 13.2. The molecule has 1 aliphatic heterocycles. The number of hydrogen-bond donors (Lipinski definition) is 3. The molecule has 1 unspecified atom stereocenters. The molecule has 2 amide bonds. The van der Waals surface area contributed by atoms with Crippen LogP contribution in [-0.2, 0) is 4.79 Å². The fourth-order valence-corrected chi connectivity index (χ4v) is 2.93. The Morgan fingerprint density at radius 2 is 1.97 bits per heavy atom. The number of amides is 2. The van der Waals surface area contributed by atoms with E-state index in [-0.39, 0.29) is 23.3 Å². The Bertz CT molecular complexity index is 1110. The zero-order valence-electron chi connectivity index (χ0n) is 15.6. The maximum atomic E-state index is 13.2. The zero-order valence-corrected chi connectivity index (χ0v) is 15.6. The van der Waals surface area contributed by atoms with Gasteiger partial charge in [-0.1, -0.05) is 6.07 Å². The van der Waals surface area contributed by atoms with E-state index in [1.807, 2.05) is 0 Å².